The van der Waals surface area contributed by atoms with Crippen LogP contribution in [0.1, 0.15) is 36.9 Å². The van der Waals surface area contributed by atoms with Crippen molar-refractivity contribution in [3.63, 3.8) is 0 Å². The second-order valence-electron chi connectivity index (χ2n) is 11.8. The predicted molar refractivity (Wildman–Crippen MR) is 172 cm³/mol. The van der Waals surface area contributed by atoms with Crippen molar-refractivity contribution in [2.24, 2.45) is 5.41 Å². The number of ether oxygens (including phenoxy) is 1. The van der Waals surface area contributed by atoms with Crippen molar-refractivity contribution >= 4 is 32.5 Å². The number of nitrogens with zero attached hydrogens (tertiary/aromatic N) is 1. The zero-order chi connectivity index (χ0) is 31.2. The zero-order valence-corrected chi connectivity index (χ0v) is 25.9. The van der Waals surface area contributed by atoms with Crippen LogP contribution in [0, 0.1) is 5.41 Å². The van der Waals surface area contributed by atoms with Gasteiger partial charge in [-0.1, -0.05) is 61.4 Å². The molecule has 0 spiro atoms. The van der Waals surface area contributed by atoms with Gasteiger partial charge in [-0.3, -0.25) is 4.79 Å². The highest BCUT2D eigenvalue weighted by Gasteiger charge is 2.43. The van der Waals surface area contributed by atoms with Crippen LogP contribution in [0.5, 0.6) is 0 Å². The molecule has 1 fully saturated rings. The first-order valence-electron chi connectivity index (χ1n) is 15.1. The number of methoxy groups -OCH3 is 1. The molecule has 1 heterocycles. The Morgan fingerprint density at radius 1 is 1.05 bits per heavy atom. The lowest BCUT2D eigenvalue weighted by molar-refractivity contribution is -0.135. The van der Waals surface area contributed by atoms with Gasteiger partial charge in [-0.15, -0.1) is 0 Å². The summed E-state index contributed by atoms with van der Waals surface area (Å²) in [5, 5.41) is 15.9. The van der Waals surface area contributed by atoms with E-state index in [1.54, 1.807) is 19.2 Å². The van der Waals surface area contributed by atoms with Gasteiger partial charge >= 0.3 is 0 Å². The molecular formula is C34H42N4O5S. The van der Waals surface area contributed by atoms with Crippen LogP contribution in [0.4, 0.5) is 5.69 Å². The number of aromatic amines is 1. The van der Waals surface area contributed by atoms with Crippen LogP contribution in [0.15, 0.2) is 89.8 Å². The lowest BCUT2D eigenvalue weighted by Gasteiger charge is -2.33. The first-order valence-corrected chi connectivity index (χ1v) is 16.6. The van der Waals surface area contributed by atoms with Crippen LogP contribution >= 0.6 is 0 Å². The smallest absolute Gasteiger partial charge is 0.243 e. The molecule has 9 nitrogen and oxygen atoms in total. The van der Waals surface area contributed by atoms with E-state index in [0.717, 1.165) is 35.0 Å². The van der Waals surface area contributed by atoms with Crippen LogP contribution in [0.3, 0.4) is 0 Å². The summed E-state index contributed by atoms with van der Waals surface area (Å²) in [5.41, 5.74) is 8.42. The number of nitrogens with two attached hydrogens (primary N) is 1. The van der Waals surface area contributed by atoms with Crippen LogP contribution in [0.25, 0.3) is 10.9 Å². The Kier molecular flexibility index (Phi) is 10.1. The van der Waals surface area contributed by atoms with E-state index >= 15 is 0 Å². The summed E-state index contributed by atoms with van der Waals surface area (Å²) in [6.07, 6.45) is 2.85. The molecule has 0 bridgehead atoms. The number of aliphatic hydroxyl groups excluding tert-OH is 1. The molecule has 0 saturated heterocycles. The molecule has 10 heteroatoms. The highest BCUT2D eigenvalue weighted by molar-refractivity contribution is 7.89. The Morgan fingerprint density at radius 2 is 1.73 bits per heavy atom. The van der Waals surface area contributed by atoms with Crippen molar-refractivity contribution in [3.8, 4) is 0 Å². The Morgan fingerprint density at radius 3 is 2.41 bits per heavy atom. The molecule has 1 aliphatic rings. The van der Waals surface area contributed by atoms with Crippen LogP contribution in [0.2, 0.25) is 0 Å². The monoisotopic (exact) mass is 618 g/mol. The maximum atomic E-state index is 14.0. The Labute approximate surface area is 259 Å². The number of hydrogen-bond donors (Lipinski definition) is 4. The third kappa shape index (κ3) is 7.32. The standard InChI is InChI=1S/C34H42N4O5S/c1-43-24-34(18-7-8-19-34)33(40)37-31(21-25-9-3-2-4-10-25)32(39)23-38(44(41,42)29-15-13-27(35)14-16-29)20-17-28-22-26-11-5-6-12-30(26)36-28/h2-6,9-16,22,31-32,36,39H,7-8,17-21,23-24,35H2,1H3,(H,37,40)/t31-,32?/m0/s1. The van der Waals surface area contributed by atoms with Gasteiger partial charge in [-0.05, 0) is 66.6 Å². The average Bonchev–Trinajstić information content (AvgIpc) is 3.67. The lowest BCUT2D eigenvalue weighted by atomic mass is 9.85. The van der Waals surface area contributed by atoms with Gasteiger partial charge < -0.3 is 25.9 Å². The van der Waals surface area contributed by atoms with Gasteiger partial charge in [0.15, 0.2) is 0 Å². The number of carbonyl (C=O) groups excluding carboxylic acids is 1. The van der Waals surface area contributed by atoms with Crippen molar-refractivity contribution in [1.82, 2.24) is 14.6 Å². The van der Waals surface area contributed by atoms with E-state index in [4.69, 9.17) is 10.5 Å². The number of amides is 1. The largest absolute Gasteiger partial charge is 0.399 e. The molecule has 0 radical (unpaired) electrons. The minimum absolute atomic E-state index is 0.0872. The van der Waals surface area contributed by atoms with E-state index in [1.807, 2.05) is 60.7 Å². The van der Waals surface area contributed by atoms with Crippen molar-refractivity contribution in [2.45, 2.75) is 55.6 Å². The van der Waals surface area contributed by atoms with Gasteiger partial charge in [0.1, 0.15) is 0 Å². The summed E-state index contributed by atoms with van der Waals surface area (Å²) >= 11 is 0. The molecule has 234 valence electrons. The topological polar surface area (TPSA) is 138 Å². The van der Waals surface area contributed by atoms with Crippen LogP contribution in [-0.2, 0) is 32.4 Å². The van der Waals surface area contributed by atoms with Crippen molar-refractivity contribution < 1.29 is 23.1 Å². The number of fused-ring (bicyclic) bond motifs is 1. The fourth-order valence-corrected chi connectivity index (χ4v) is 7.64. The third-order valence-electron chi connectivity index (χ3n) is 8.67. The zero-order valence-electron chi connectivity index (χ0n) is 25.1. The van der Waals surface area contributed by atoms with E-state index < -0.39 is 27.6 Å². The number of carbonyl (C=O) groups is 1. The SMILES string of the molecule is COCC1(C(=O)N[C@@H](Cc2ccccc2)C(O)CN(CCc2cc3ccccc3[nH]2)S(=O)(=O)c2ccc(N)cc2)CCCC1. The predicted octanol–water partition coefficient (Wildman–Crippen LogP) is 4.28. The molecule has 1 amide bonds. The molecule has 5 N–H and O–H groups in total. The molecule has 1 saturated carbocycles. The summed E-state index contributed by atoms with van der Waals surface area (Å²) in [7, 11) is -2.42. The molecule has 2 atom stereocenters. The second-order valence-corrected chi connectivity index (χ2v) is 13.8. The number of H-pyrrole nitrogens is 1. The number of nitrogens with one attached hydrogen (secondary N) is 2. The lowest BCUT2D eigenvalue weighted by Crippen LogP contribution is -2.54. The van der Waals surface area contributed by atoms with Gasteiger partial charge in [0.25, 0.3) is 0 Å². The Bertz CT molecular complexity index is 1600. The first kappa shape index (κ1) is 31.7. The average molecular weight is 619 g/mol. The normalized spacial score (nSPS) is 16.2. The van der Waals surface area contributed by atoms with E-state index in [2.05, 4.69) is 10.3 Å². The number of rotatable bonds is 14. The van der Waals surface area contributed by atoms with Gasteiger partial charge in [0, 0.05) is 43.5 Å². The molecule has 1 aliphatic carbocycles. The number of aliphatic hydroxyl groups is 1. The van der Waals surface area contributed by atoms with Gasteiger partial charge in [0.2, 0.25) is 15.9 Å². The molecular weight excluding hydrogens is 576 g/mol. The van der Waals surface area contributed by atoms with E-state index in [-0.39, 0.29) is 23.9 Å². The summed E-state index contributed by atoms with van der Waals surface area (Å²) in [5.74, 6) is -0.164. The Hall–Kier alpha value is -3.70. The van der Waals surface area contributed by atoms with Gasteiger partial charge in [0.05, 0.1) is 29.1 Å². The quantitative estimate of drug-likeness (QED) is 0.156. The number of nitrogen functional groups attached to an aromatic ring is 1. The van der Waals surface area contributed by atoms with Crippen LogP contribution < -0.4 is 11.1 Å². The highest BCUT2D eigenvalue weighted by atomic mass is 32.2. The summed E-state index contributed by atoms with van der Waals surface area (Å²) in [6.45, 7) is 0.216. The molecule has 44 heavy (non-hydrogen) atoms. The fourth-order valence-electron chi connectivity index (χ4n) is 6.19. The number of aromatic nitrogens is 1. The van der Waals surface area contributed by atoms with Crippen molar-refractivity contribution in [2.75, 3.05) is 32.5 Å². The van der Waals surface area contributed by atoms with E-state index in [0.29, 0.717) is 38.0 Å². The van der Waals surface area contributed by atoms with E-state index in [9.17, 15) is 18.3 Å². The fraction of sp³-hybridized carbons (Fsp3) is 0.382. The van der Waals surface area contributed by atoms with Crippen LogP contribution in [-0.4, -0.2) is 67.7 Å². The van der Waals surface area contributed by atoms with Crippen molar-refractivity contribution in [1.29, 1.82) is 0 Å². The number of benzene rings is 3. The second kappa shape index (κ2) is 13.9. The number of hydrogen-bond acceptors (Lipinski definition) is 6. The molecule has 3 aromatic carbocycles. The minimum Gasteiger partial charge on any atom is -0.399 e. The maximum Gasteiger partial charge on any atom is 0.243 e. The maximum absolute atomic E-state index is 14.0. The molecule has 4 aromatic rings. The molecule has 1 unspecified atom stereocenters. The minimum atomic E-state index is -4.01. The van der Waals surface area contributed by atoms with Gasteiger partial charge in [-0.25, -0.2) is 8.42 Å². The molecule has 1 aromatic heterocycles. The highest BCUT2D eigenvalue weighted by Crippen LogP contribution is 2.39. The van der Waals surface area contributed by atoms with E-state index in [1.165, 1.54) is 16.4 Å². The molecule has 0 aliphatic heterocycles. The third-order valence-corrected chi connectivity index (χ3v) is 10.5. The number of para-hydroxylation sites is 1. The first-order chi connectivity index (χ1) is 21.2. The van der Waals surface area contributed by atoms with Gasteiger partial charge in [-0.2, -0.15) is 4.31 Å². The summed E-state index contributed by atoms with van der Waals surface area (Å²) in [4.78, 5) is 17.2. The number of anilines is 1. The summed E-state index contributed by atoms with van der Waals surface area (Å²) in [6, 6.07) is 24.8. The Balaban J connectivity index is 1.42. The molecule has 5 rings (SSSR count). The summed E-state index contributed by atoms with van der Waals surface area (Å²) < 4.78 is 34.7. The van der Waals surface area contributed by atoms with Crippen molar-refractivity contribution in [3.05, 3.63) is 96.2 Å². The number of sulfonamides is 1.